The number of hydrogen-bond donors (Lipinski definition) is 1. The van der Waals surface area contributed by atoms with Gasteiger partial charge in [-0.3, -0.25) is 4.79 Å². The van der Waals surface area contributed by atoms with Crippen LogP contribution in [0.5, 0.6) is 11.5 Å². The van der Waals surface area contributed by atoms with E-state index in [4.69, 9.17) is 24.9 Å². The highest BCUT2D eigenvalue weighted by atomic mass is 35.7. The van der Waals surface area contributed by atoms with Crippen molar-refractivity contribution in [3.8, 4) is 11.5 Å². The van der Waals surface area contributed by atoms with Gasteiger partial charge in [0.15, 0.2) is 0 Å². The fourth-order valence-electron chi connectivity index (χ4n) is 1.60. The third-order valence-electron chi connectivity index (χ3n) is 2.58. The molecule has 1 N–H and O–H groups in total. The van der Waals surface area contributed by atoms with Crippen LogP contribution in [0.15, 0.2) is 17.0 Å². The first-order valence-electron chi connectivity index (χ1n) is 5.83. The van der Waals surface area contributed by atoms with Crippen LogP contribution in [0, 0.1) is 0 Å². The average molecular weight is 338 g/mol. The van der Waals surface area contributed by atoms with Gasteiger partial charge in [0.05, 0.1) is 26.4 Å². The van der Waals surface area contributed by atoms with Crippen LogP contribution in [0.2, 0.25) is 0 Å². The van der Waals surface area contributed by atoms with Crippen molar-refractivity contribution in [1.29, 1.82) is 0 Å². The maximum atomic E-state index is 12.1. The first-order valence-corrected chi connectivity index (χ1v) is 8.14. The third-order valence-corrected chi connectivity index (χ3v) is 3.93. The van der Waals surface area contributed by atoms with Gasteiger partial charge in [0.1, 0.15) is 16.4 Å². The minimum atomic E-state index is -4.06. The van der Waals surface area contributed by atoms with Gasteiger partial charge in [-0.2, -0.15) is 0 Å². The monoisotopic (exact) mass is 337 g/mol. The maximum Gasteiger partial charge on any atom is 0.265 e. The van der Waals surface area contributed by atoms with E-state index >= 15 is 0 Å². The predicted octanol–water partition coefficient (Wildman–Crippen LogP) is 1.01. The number of carbonyl (C=O) groups is 1. The highest BCUT2D eigenvalue weighted by Gasteiger charge is 2.23. The van der Waals surface area contributed by atoms with Crippen LogP contribution in [-0.2, 0) is 13.8 Å². The first kappa shape index (κ1) is 17.5. The van der Waals surface area contributed by atoms with Gasteiger partial charge in [-0.1, -0.05) is 0 Å². The summed E-state index contributed by atoms with van der Waals surface area (Å²) in [6.07, 6.45) is 0. The molecule has 1 aromatic carbocycles. The summed E-state index contributed by atoms with van der Waals surface area (Å²) in [5.74, 6) is -0.339. The second kappa shape index (κ2) is 7.48. The normalized spacial score (nSPS) is 11.0. The Morgan fingerprint density at radius 1 is 1.19 bits per heavy atom. The molecular formula is C12H16ClNO6S. The Morgan fingerprint density at radius 3 is 2.29 bits per heavy atom. The summed E-state index contributed by atoms with van der Waals surface area (Å²) in [5.41, 5.74) is 0.0358. The van der Waals surface area contributed by atoms with E-state index in [9.17, 15) is 13.2 Å². The van der Waals surface area contributed by atoms with Crippen molar-refractivity contribution < 1.29 is 27.4 Å². The fraction of sp³-hybridized carbons (Fsp3) is 0.417. The number of methoxy groups -OCH3 is 3. The molecule has 1 amide bonds. The molecule has 0 aliphatic heterocycles. The molecule has 0 aliphatic carbocycles. The average Bonchev–Trinajstić information content (AvgIpc) is 2.44. The van der Waals surface area contributed by atoms with E-state index in [2.05, 4.69) is 5.32 Å². The number of benzene rings is 1. The SMILES string of the molecule is COCCNC(=O)c1cc(S(=O)(=O)Cl)c(OC)cc1OC. The summed E-state index contributed by atoms with van der Waals surface area (Å²) in [7, 11) is 5.42. The summed E-state index contributed by atoms with van der Waals surface area (Å²) in [6, 6.07) is 2.41. The number of carbonyl (C=O) groups excluding carboxylic acids is 1. The van der Waals surface area contributed by atoms with Crippen molar-refractivity contribution in [1.82, 2.24) is 5.32 Å². The highest BCUT2D eigenvalue weighted by Crippen LogP contribution is 2.33. The van der Waals surface area contributed by atoms with Crippen LogP contribution in [0.25, 0.3) is 0 Å². The molecule has 0 spiro atoms. The molecule has 0 heterocycles. The number of hydrogen-bond acceptors (Lipinski definition) is 6. The third kappa shape index (κ3) is 4.48. The number of ether oxygens (including phenoxy) is 3. The lowest BCUT2D eigenvalue weighted by Crippen LogP contribution is -2.27. The van der Waals surface area contributed by atoms with Gasteiger partial charge in [-0.25, -0.2) is 8.42 Å². The molecule has 7 nitrogen and oxygen atoms in total. The Kier molecular flexibility index (Phi) is 6.25. The zero-order valence-corrected chi connectivity index (χ0v) is 13.4. The van der Waals surface area contributed by atoms with Crippen LogP contribution in [0.3, 0.4) is 0 Å². The van der Waals surface area contributed by atoms with Crippen LogP contribution in [0.4, 0.5) is 0 Å². The fourth-order valence-corrected chi connectivity index (χ4v) is 2.60. The molecule has 0 aliphatic rings. The zero-order chi connectivity index (χ0) is 16.0. The van der Waals surface area contributed by atoms with E-state index in [1.807, 2.05) is 0 Å². The minimum Gasteiger partial charge on any atom is -0.496 e. The number of nitrogens with one attached hydrogen (secondary N) is 1. The van der Waals surface area contributed by atoms with Gasteiger partial charge < -0.3 is 19.5 Å². The van der Waals surface area contributed by atoms with Crippen LogP contribution in [0.1, 0.15) is 10.4 Å². The van der Waals surface area contributed by atoms with Crippen molar-refractivity contribution in [2.24, 2.45) is 0 Å². The first-order chi connectivity index (χ1) is 9.85. The van der Waals surface area contributed by atoms with Crippen LogP contribution < -0.4 is 14.8 Å². The molecule has 9 heteroatoms. The van der Waals surface area contributed by atoms with E-state index < -0.39 is 15.0 Å². The van der Waals surface area contributed by atoms with Gasteiger partial charge in [0, 0.05) is 30.4 Å². The Balaban J connectivity index is 3.27. The summed E-state index contributed by atoms with van der Waals surface area (Å²) in [6.45, 7) is 0.596. The second-order valence-electron chi connectivity index (χ2n) is 3.89. The predicted molar refractivity (Wildman–Crippen MR) is 76.8 cm³/mol. The Labute approximate surface area is 127 Å². The van der Waals surface area contributed by atoms with Crippen molar-refractivity contribution in [2.45, 2.75) is 4.90 Å². The number of halogens is 1. The van der Waals surface area contributed by atoms with E-state index in [0.29, 0.717) is 6.61 Å². The molecule has 0 atom stereocenters. The van der Waals surface area contributed by atoms with Gasteiger partial charge in [-0.05, 0) is 6.07 Å². The van der Waals surface area contributed by atoms with Crippen LogP contribution in [-0.4, -0.2) is 48.8 Å². The molecule has 0 saturated carbocycles. The summed E-state index contributed by atoms with van der Waals surface area (Å²) in [4.78, 5) is 11.8. The van der Waals surface area contributed by atoms with Gasteiger partial charge in [-0.15, -0.1) is 0 Å². The van der Waals surface area contributed by atoms with E-state index in [-0.39, 0.29) is 28.5 Å². The Hall–Kier alpha value is -1.51. The van der Waals surface area contributed by atoms with Gasteiger partial charge in [0.2, 0.25) is 0 Å². The summed E-state index contributed by atoms with van der Waals surface area (Å²) >= 11 is 0. The minimum absolute atomic E-state index is 0.00436. The van der Waals surface area contributed by atoms with E-state index in [1.54, 1.807) is 0 Å². The molecule has 1 aromatic rings. The largest absolute Gasteiger partial charge is 0.496 e. The highest BCUT2D eigenvalue weighted by molar-refractivity contribution is 8.13. The van der Waals surface area contributed by atoms with Crippen molar-refractivity contribution in [3.05, 3.63) is 17.7 Å². The Morgan fingerprint density at radius 2 is 1.81 bits per heavy atom. The summed E-state index contributed by atoms with van der Waals surface area (Å²) in [5, 5.41) is 2.57. The molecule has 0 fully saturated rings. The van der Waals surface area contributed by atoms with Crippen molar-refractivity contribution in [2.75, 3.05) is 34.5 Å². The van der Waals surface area contributed by atoms with Gasteiger partial charge in [0.25, 0.3) is 15.0 Å². The second-order valence-corrected chi connectivity index (χ2v) is 6.42. The molecule has 118 valence electrons. The molecule has 21 heavy (non-hydrogen) atoms. The maximum absolute atomic E-state index is 12.1. The molecule has 1 rings (SSSR count). The Bertz CT molecular complexity index is 616. The molecule has 0 saturated heterocycles. The standard InChI is InChI=1S/C12H16ClNO6S/c1-18-5-4-14-12(15)8-6-11(21(13,16)17)10(20-3)7-9(8)19-2/h6-7H,4-5H2,1-3H3,(H,14,15). The smallest absolute Gasteiger partial charge is 0.265 e. The molecule has 0 unspecified atom stereocenters. The van der Waals surface area contributed by atoms with Gasteiger partial charge >= 0.3 is 0 Å². The quantitative estimate of drug-likeness (QED) is 0.590. The van der Waals surface area contributed by atoms with Crippen molar-refractivity contribution >= 4 is 25.6 Å². The molecule has 0 aromatic heterocycles. The molecule has 0 bridgehead atoms. The topological polar surface area (TPSA) is 90.9 Å². The number of rotatable bonds is 7. The lowest BCUT2D eigenvalue weighted by atomic mass is 10.1. The lowest BCUT2D eigenvalue weighted by molar-refractivity contribution is 0.0933. The zero-order valence-electron chi connectivity index (χ0n) is 11.8. The van der Waals surface area contributed by atoms with Crippen molar-refractivity contribution in [3.63, 3.8) is 0 Å². The van der Waals surface area contributed by atoms with E-state index in [1.165, 1.54) is 27.4 Å². The molecule has 0 radical (unpaired) electrons. The van der Waals surface area contributed by atoms with Crippen LogP contribution >= 0.6 is 10.7 Å². The number of amides is 1. The van der Waals surface area contributed by atoms with E-state index in [0.717, 1.165) is 6.07 Å². The lowest BCUT2D eigenvalue weighted by Gasteiger charge is -2.13. The molecular weight excluding hydrogens is 322 g/mol. The summed E-state index contributed by atoms with van der Waals surface area (Å²) < 4.78 is 37.9.